The number of nitrogens with two attached hydrogens (primary N) is 1. The number of anilines is 1. The molecule has 2 aliphatic heterocycles. The summed E-state index contributed by atoms with van der Waals surface area (Å²) in [7, 11) is 1.04. The number of carbonyl (C=O) groups excluding carboxylic acids is 4. The van der Waals surface area contributed by atoms with Crippen molar-refractivity contribution in [1.29, 1.82) is 0 Å². The lowest BCUT2D eigenvalue weighted by Crippen LogP contribution is -2.71. The highest BCUT2D eigenvalue weighted by atomic mass is 32.2. The fraction of sp³-hybridized carbons (Fsp3) is 0.286. The van der Waals surface area contributed by atoms with Crippen molar-refractivity contribution in [1.82, 2.24) is 30.5 Å². The zero-order valence-electron chi connectivity index (χ0n) is 26.0. The van der Waals surface area contributed by atoms with Crippen molar-refractivity contribution >= 4 is 80.6 Å². The normalized spacial score (nSPS) is 17.5. The Morgan fingerprint density at radius 3 is 2.28 bits per heavy atom. The number of nitrogen functional groups attached to an aromatic ring is 1. The molecule has 2 atom stereocenters. The smallest absolute Gasteiger partial charge is 0.359 e. The highest BCUT2D eigenvalue weighted by Gasteiger charge is 2.54. The van der Waals surface area contributed by atoms with Crippen molar-refractivity contribution < 1.29 is 58.8 Å². The van der Waals surface area contributed by atoms with Gasteiger partial charge >= 0.3 is 17.9 Å². The van der Waals surface area contributed by atoms with E-state index in [0.29, 0.717) is 0 Å². The second-order valence-corrected chi connectivity index (χ2v) is 13.0. The number of thiazole rings is 1. The van der Waals surface area contributed by atoms with Crippen LogP contribution in [-0.4, -0.2) is 118 Å². The Labute approximate surface area is 288 Å². The molecular formula is C28H26N8O12S2. The number of carboxylic acids is 2. The summed E-state index contributed by atoms with van der Waals surface area (Å²) in [6.07, 6.45) is 0. The van der Waals surface area contributed by atoms with Gasteiger partial charge in [-0.1, -0.05) is 5.16 Å². The van der Waals surface area contributed by atoms with Crippen molar-refractivity contribution in [3.05, 3.63) is 45.9 Å². The number of carboxylic acid groups (broad SMARTS) is 2. The van der Waals surface area contributed by atoms with Crippen LogP contribution in [0, 0.1) is 0 Å². The first-order valence-corrected chi connectivity index (χ1v) is 16.0. The van der Waals surface area contributed by atoms with Crippen LogP contribution < -0.4 is 16.4 Å². The van der Waals surface area contributed by atoms with Crippen molar-refractivity contribution in [3.8, 4) is 11.5 Å². The zero-order valence-corrected chi connectivity index (χ0v) is 27.6. The van der Waals surface area contributed by atoms with Gasteiger partial charge in [0, 0.05) is 29.8 Å². The largest absolute Gasteiger partial charge is 0.504 e. The molecule has 2 aromatic heterocycles. The number of rotatable bonds is 11. The first kappa shape index (κ1) is 35.3. The number of methoxy groups -OCH3 is 1. The molecule has 0 spiro atoms. The second-order valence-electron chi connectivity index (χ2n) is 11.0. The SMILES string of the molecule is COC(=O)c1nc2cc(O)c(O)cc2nc1C(=O)NCC1=C(C(=O)O)N2C(=O)C(NC(=O)C(=NOC(C)(C)C(=O)O)c3csc(N)n3)[C@@H]2SC1. The third-order valence-corrected chi connectivity index (χ3v) is 9.23. The number of benzene rings is 1. The maximum Gasteiger partial charge on any atom is 0.359 e. The lowest BCUT2D eigenvalue weighted by molar-refractivity contribution is -0.161. The molecule has 0 radical (unpaired) electrons. The predicted octanol–water partition coefficient (Wildman–Crippen LogP) is -0.381. The molecule has 50 heavy (non-hydrogen) atoms. The summed E-state index contributed by atoms with van der Waals surface area (Å²) >= 11 is 2.04. The van der Waals surface area contributed by atoms with Gasteiger partial charge in [-0.25, -0.2) is 29.3 Å². The first-order chi connectivity index (χ1) is 23.5. The molecule has 1 aromatic carbocycles. The molecule has 262 valence electrons. The number of phenols is 2. The van der Waals surface area contributed by atoms with Gasteiger partial charge in [-0.15, -0.1) is 23.1 Å². The fourth-order valence-electron chi connectivity index (χ4n) is 4.58. The first-order valence-electron chi connectivity index (χ1n) is 14.1. The summed E-state index contributed by atoms with van der Waals surface area (Å²) in [6.45, 7) is 1.97. The highest BCUT2D eigenvalue weighted by Crippen LogP contribution is 2.40. The summed E-state index contributed by atoms with van der Waals surface area (Å²) in [4.78, 5) is 94.2. The van der Waals surface area contributed by atoms with Crippen molar-refractivity contribution in [2.45, 2.75) is 30.9 Å². The number of aliphatic carboxylic acids is 2. The van der Waals surface area contributed by atoms with Crippen molar-refractivity contribution in [2.24, 2.45) is 5.16 Å². The molecule has 3 aromatic rings. The topological polar surface area (TPSA) is 306 Å². The van der Waals surface area contributed by atoms with Crippen LogP contribution in [0.25, 0.3) is 11.0 Å². The average Bonchev–Trinajstić information content (AvgIpc) is 3.50. The molecule has 1 saturated heterocycles. The minimum Gasteiger partial charge on any atom is -0.504 e. The van der Waals surface area contributed by atoms with Crippen molar-refractivity contribution in [3.63, 3.8) is 0 Å². The molecule has 8 N–H and O–H groups in total. The third kappa shape index (κ3) is 6.64. The van der Waals surface area contributed by atoms with E-state index in [0.717, 1.165) is 47.2 Å². The number of hydrogen-bond donors (Lipinski definition) is 7. The molecule has 3 amide bonds. The van der Waals surface area contributed by atoms with Gasteiger partial charge in [-0.05, 0) is 19.4 Å². The van der Waals surface area contributed by atoms with E-state index >= 15 is 0 Å². The number of hydrogen-bond acceptors (Lipinski definition) is 17. The van der Waals surface area contributed by atoms with Gasteiger partial charge in [0.15, 0.2) is 33.7 Å². The molecule has 5 rings (SSSR count). The highest BCUT2D eigenvalue weighted by molar-refractivity contribution is 8.00. The molecule has 2 aliphatic rings. The monoisotopic (exact) mass is 730 g/mol. The van der Waals surface area contributed by atoms with Crippen LogP contribution in [0.4, 0.5) is 5.13 Å². The lowest BCUT2D eigenvalue weighted by atomic mass is 10.0. The number of oxime groups is 1. The van der Waals surface area contributed by atoms with Gasteiger partial charge in [0.05, 0.1) is 18.1 Å². The fourth-order valence-corrected chi connectivity index (χ4v) is 6.47. The summed E-state index contributed by atoms with van der Waals surface area (Å²) < 4.78 is 4.69. The Hall–Kier alpha value is -6.03. The van der Waals surface area contributed by atoms with Crippen LogP contribution in [0.3, 0.4) is 0 Å². The van der Waals surface area contributed by atoms with Crippen LogP contribution >= 0.6 is 23.1 Å². The summed E-state index contributed by atoms with van der Waals surface area (Å²) in [5.41, 5.74) is 1.82. The maximum absolute atomic E-state index is 13.3. The van der Waals surface area contributed by atoms with Crippen LogP contribution in [-0.2, 0) is 28.8 Å². The Morgan fingerprint density at radius 1 is 1.08 bits per heavy atom. The van der Waals surface area contributed by atoms with Gasteiger partial charge in [0.1, 0.15) is 22.8 Å². The number of carbonyl (C=O) groups is 6. The number of fused-ring (bicyclic) bond motifs is 2. The number of thioether (sulfide) groups is 1. The molecule has 22 heteroatoms. The van der Waals surface area contributed by atoms with E-state index in [1.54, 1.807) is 0 Å². The third-order valence-electron chi connectivity index (χ3n) is 7.21. The van der Waals surface area contributed by atoms with Crippen LogP contribution in [0.5, 0.6) is 11.5 Å². The molecule has 0 bridgehead atoms. The van der Waals surface area contributed by atoms with E-state index in [2.05, 4.69) is 30.7 Å². The number of amides is 3. The van der Waals surface area contributed by atoms with E-state index in [4.69, 9.17) is 15.3 Å². The van der Waals surface area contributed by atoms with E-state index < -0.39 is 93.5 Å². The summed E-state index contributed by atoms with van der Waals surface area (Å²) in [6, 6.07) is 0.813. The number of β-lactam (4-membered cyclic amide) rings is 1. The van der Waals surface area contributed by atoms with Gasteiger partial charge in [-0.3, -0.25) is 19.3 Å². The minimum absolute atomic E-state index is 0.0252. The average molecular weight is 731 g/mol. The van der Waals surface area contributed by atoms with Gasteiger partial charge < -0.3 is 46.4 Å². The Morgan fingerprint density at radius 2 is 1.72 bits per heavy atom. The van der Waals surface area contributed by atoms with E-state index in [1.807, 2.05) is 0 Å². The van der Waals surface area contributed by atoms with E-state index in [-0.39, 0.29) is 33.2 Å². The number of nitrogens with zero attached hydrogens (tertiary/aromatic N) is 5. The summed E-state index contributed by atoms with van der Waals surface area (Å²) in [5, 5.41) is 48.2. The summed E-state index contributed by atoms with van der Waals surface area (Å²) in [5.74, 6) is -7.81. The zero-order chi connectivity index (χ0) is 36.7. The molecule has 4 heterocycles. The minimum atomic E-state index is -1.84. The number of esters is 1. The van der Waals surface area contributed by atoms with Crippen molar-refractivity contribution in [2.75, 3.05) is 25.1 Å². The molecule has 0 saturated carbocycles. The quantitative estimate of drug-likeness (QED) is 0.0435. The molecule has 1 fully saturated rings. The molecule has 0 aliphatic carbocycles. The van der Waals surface area contributed by atoms with E-state index in [1.165, 1.54) is 19.2 Å². The lowest BCUT2D eigenvalue weighted by Gasteiger charge is -2.49. The molecule has 20 nitrogen and oxygen atoms in total. The Bertz CT molecular complexity index is 2050. The van der Waals surface area contributed by atoms with Crippen LogP contribution in [0.2, 0.25) is 0 Å². The molecule has 1 unspecified atom stereocenters. The van der Waals surface area contributed by atoms with Crippen LogP contribution in [0.1, 0.15) is 40.5 Å². The second kappa shape index (κ2) is 13.5. The van der Waals surface area contributed by atoms with E-state index in [9.17, 15) is 49.2 Å². The number of nitrogens with one attached hydrogen (secondary N) is 2. The predicted molar refractivity (Wildman–Crippen MR) is 172 cm³/mol. The van der Waals surface area contributed by atoms with Gasteiger partial charge in [0.25, 0.3) is 17.7 Å². The Kier molecular flexibility index (Phi) is 9.50. The number of ether oxygens (including phenoxy) is 1. The number of aromatic nitrogens is 3. The Balaban J connectivity index is 1.35. The van der Waals surface area contributed by atoms with Gasteiger partial charge in [-0.2, -0.15) is 0 Å². The molecular weight excluding hydrogens is 704 g/mol. The van der Waals surface area contributed by atoms with Gasteiger partial charge in [0.2, 0.25) is 5.60 Å². The number of phenolic OH excluding ortho intramolecular Hbond substituents is 2. The van der Waals surface area contributed by atoms with Crippen LogP contribution in [0.15, 0.2) is 33.9 Å². The number of aromatic hydroxyl groups is 2. The standard InChI is InChI=1S/C28H26N8O12S2/c1-28(2,26(45)46)48-35-15(12-8-50-27(29)33-12)21(40)34-18-22(41)36-19(24(42)43)9(7-49-23(18)36)6-30-20(39)16-17(25(44)47-3)32-11-5-14(38)13(37)4-10(11)31-16/h4-5,8,18,23,37-38H,6-7H2,1-3H3,(H2,29,33)(H,30,39)(H,34,40)(H,42,43)(H,45,46)/t18?,23-/m0/s1. The maximum atomic E-state index is 13.3.